The molecule has 0 atom stereocenters. The molecule has 0 radical (unpaired) electrons. The third kappa shape index (κ3) is 4.42. The van der Waals surface area contributed by atoms with E-state index in [4.69, 9.17) is 0 Å². The lowest BCUT2D eigenvalue weighted by Gasteiger charge is -2.29. The van der Waals surface area contributed by atoms with Gasteiger partial charge in [0.25, 0.3) is 5.91 Å². The Balaban J connectivity index is 1.33. The summed E-state index contributed by atoms with van der Waals surface area (Å²) in [5.41, 5.74) is 2.43. The first-order chi connectivity index (χ1) is 13.6. The van der Waals surface area contributed by atoms with Crippen LogP contribution in [-0.2, 0) is 11.3 Å². The zero-order valence-corrected chi connectivity index (χ0v) is 17.0. The Hall–Kier alpha value is -2.25. The number of piperidine rings is 1. The minimum atomic E-state index is -0.174. The number of carbonyl (C=O) groups is 2. The molecule has 2 saturated heterocycles. The van der Waals surface area contributed by atoms with E-state index < -0.39 is 0 Å². The first-order valence-electron chi connectivity index (χ1n) is 9.97. The van der Waals surface area contributed by atoms with Crippen molar-refractivity contribution in [3.05, 3.63) is 40.9 Å². The number of nitrogens with zero attached hydrogens (tertiary/aromatic N) is 3. The number of aromatic nitrogens is 1. The summed E-state index contributed by atoms with van der Waals surface area (Å²) in [6.07, 6.45) is 3.98. The quantitative estimate of drug-likeness (QED) is 0.833. The maximum atomic E-state index is 12.5. The van der Waals surface area contributed by atoms with E-state index in [1.165, 1.54) is 24.2 Å². The van der Waals surface area contributed by atoms with E-state index in [0.29, 0.717) is 17.1 Å². The van der Waals surface area contributed by atoms with Crippen LogP contribution in [0.3, 0.4) is 0 Å². The second-order valence-corrected chi connectivity index (χ2v) is 8.61. The molecular formula is C21H26N4O2S. The third-order valence-corrected chi connectivity index (χ3v) is 6.36. The molecule has 2 amide bonds. The van der Waals surface area contributed by atoms with E-state index in [-0.39, 0.29) is 11.8 Å². The Morgan fingerprint density at radius 2 is 1.96 bits per heavy atom. The molecule has 28 heavy (non-hydrogen) atoms. The van der Waals surface area contributed by atoms with Gasteiger partial charge in [0, 0.05) is 36.1 Å². The molecule has 2 aliphatic heterocycles. The highest BCUT2D eigenvalue weighted by Gasteiger charge is 2.22. The summed E-state index contributed by atoms with van der Waals surface area (Å²) in [7, 11) is 0. The fourth-order valence-corrected chi connectivity index (χ4v) is 4.47. The number of carbonyl (C=O) groups excluding carboxylic acids is 2. The minimum absolute atomic E-state index is 0.149. The number of hydrogen-bond acceptors (Lipinski definition) is 5. The smallest absolute Gasteiger partial charge is 0.257 e. The molecular weight excluding hydrogens is 372 g/mol. The van der Waals surface area contributed by atoms with Crippen LogP contribution in [0, 0.1) is 5.92 Å². The number of nitrogens with one attached hydrogen (secondary N) is 1. The molecule has 1 aromatic carbocycles. The van der Waals surface area contributed by atoms with Crippen molar-refractivity contribution in [1.82, 2.24) is 9.88 Å². The molecule has 1 N–H and O–H groups in total. The van der Waals surface area contributed by atoms with Crippen molar-refractivity contribution in [2.24, 2.45) is 5.92 Å². The van der Waals surface area contributed by atoms with Gasteiger partial charge in [0.05, 0.1) is 5.69 Å². The highest BCUT2D eigenvalue weighted by atomic mass is 32.1. The van der Waals surface area contributed by atoms with Crippen molar-refractivity contribution >= 4 is 34.0 Å². The van der Waals surface area contributed by atoms with Crippen molar-refractivity contribution in [2.75, 3.05) is 29.9 Å². The monoisotopic (exact) mass is 398 g/mol. The van der Waals surface area contributed by atoms with Crippen LogP contribution in [0.5, 0.6) is 0 Å². The number of anilines is 2. The van der Waals surface area contributed by atoms with Gasteiger partial charge < -0.3 is 4.90 Å². The van der Waals surface area contributed by atoms with Crippen LogP contribution in [0.1, 0.15) is 48.7 Å². The van der Waals surface area contributed by atoms with Crippen LogP contribution in [0.15, 0.2) is 29.6 Å². The fourth-order valence-electron chi connectivity index (χ4n) is 3.77. The molecule has 148 valence electrons. The maximum Gasteiger partial charge on any atom is 0.257 e. The number of thiazole rings is 1. The fraction of sp³-hybridized carbons (Fsp3) is 0.476. The summed E-state index contributed by atoms with van der Waals surface area (Å²) in [4.78, 5) is 33.1. The Bertz CT molecular complexity index is 840. The van der Waals surface area contributed by atoms with Crippen molar-refractivity contribution in [3.63, 3.8) is 0 Å². The summed E-state index contributed by atoms with van der Waals surface area (Å²) in [5, 5.41) is 5.54. The molecule has 2 aromatic rings. The van der Waals surface area contributed by atoms with Crippen molar-refractivity contribution in [2.45, 2.75) is 39.2 Å². The van der Waals surface area contributed by atoms with Crippen molar-refractivity contribution < 1.29 is 9.59 Å². The van der Waals surface area contributed by atoms with E-state index in [1.807, 2.05) is 17.5 Å². The van der Waals surface area contributed by atoms with Gasteiger partial charge in [0.15, 0.2) is 5.13 Å². The minimum Gasteiger partial charge on any atom is -0.312 e. The van der Waals surface area contributed by atoms with Crippen molar-refractivity contribution in [3.8, 4) is 0 Å². The molecule has 2 fully saturated rings. The van der Waals surface area contributed by atoms with E-state index in [2.05, 4.69) is 22.1 Å². The predicted molar refractivity (Wildman–Crippen MR) is 112 cm³/mol. The molecule has 1 aromatic heterocycles. The van der Waals surface area contributed by atoms with Gasteiger partial charge >= 0.3 is 0 Å². The van der Waals surface area contributed by atoms with Gasteiger partial charge in [-0.3, -0.25) is 19.8 Å². The van der Waals surface area contributed by atoms with Gasteiger partial charge in [-0.25, -0.2) is 4.98 Å². The highest BCUT2D eigenvalue weighted by molar-refractivity contribution is 7.14. The Morgan fingerprint density at radius 1 is 1.21 bits per heavy atom. The third-order valence-electron chi connectivity index (χ3n) is 5.55. The van der Waals surface area contributed by atoms with E-state index in [0.717, 1.165) is 49.9 Å². The van der Waals surface area contributed by atoms with Crippen LogP contribution in [0.25, 0.3) is 0 Å². The van der Waals surface area contributed by atoms with E-state index in [9.17, 15) is 9.59 Å². The Labute approximate surface area is 169 Å². The van der Waals surface area contributed by atoms with E-state index in [1.54, 1.807) is 17.0 Å². The van der Waals surface area contributed by atoms with Crippen LogP contribution in [-0.4, -0.2) is 41.3 Å². The Kier molecular flexibility index (Phi) is 5.73. The van der Waals surface area contributed by atoms with Crippen LogP contribution < -0.4 is 10.2 Å². The normalized spacial score (nSPS) is 18.6. The largest absolute Gasteiger partial charge is 0.312 e. The number of rotatable bonds is 5. The molecule has 2 aliphatic rings. The molecule has 0 unspecified atom stereocenters. The lowest BCUT2D eigenvalue weighted by Crippen LogP contribution is -2.32. The first-order valence-corrected chi connectivity index (χ1v) is 10.8. The molecule has 7 heteroatoms. The molecule has 0 saturated carbocycles. The summed E-state index contributed by atoms with van der Waals surface area (Å²) in [6, 6.07) is 7.20. The lowest BCUT2D eigenvalue weighted by atomic mass is 9.99. The van der Waals surface area contributed by atoms with Gasteiger partial charge in [-0.2, -0.15) is 0 Å². The molecule has 0 spiro atoms. The topological polar surface area (TPSA) is 65.5 Å². The van der Waals surface area contributed by atoms with Crippen molar-refractivity contribution in [1.29, 1.82) is 0 Å². The molecule has 4 rings (SSSR count). The molecule has 3 heterocycles. The Morgan fingerprint density at radius 3 is 2.64 bits per heavy atom. The highest BCUT2D eigenvalue weighted by Crippen LogP contribution is 2.23. The molecule has 6 nitrogen and oxygen atoms in total. The van der Waals surface area contributed by atoms with Gasteiger partial charge in [-0.05, 0) is 62.5 Å². The number of amides is 2. The number of likely N-dealkylation sites (tertiary alicyclic amines) is 1. The van der Waals surface area contributed by atoms with Gasteiger partial charge in [0.2, 0.25) is 5.91 Å². The zero-order valence-electron chi connectivity index (χ0n) is 16.2. The average molecular weight is 399 g/mol. The van der Waals surface area contributed by atoms with Gasteiger partial charge in [-0.1, -0.05) is 6.92 Å². The second kappa shape index (κ2) is 8.41. The summed E-state index contributed by atoms with van der Waals surface area (Å²) in [5.74, 6) is 0.791. The zero-order chi connectivity index (χ0) is 19.5. The lowest BCUT2D eigenvalue weighted by molar-refractivity contribution is -0.117. The van der Waals surface area contributed by atoms with E-state index >= 15 is 0 Å². The summed E-state index contributed by atoms with van der Waals surface area (Å²) in [6.45, 7) is 6.14. The van der Waals surface area contributed by atoms with Gasteiger partial charge in [0.1, 0.15) is 0 Å². The predicted octanol–water partition coefficient (Wildman–Crippen LogP) is 3.75. The van der Waals surface area contributed by atoms with Crippen LogP contribution >= 0.6 is 11.3 Å². The van der Waals surface area contributed by atoms with Crippen LogP contribution in [0.2, 0.25) is 0 Å². The van der Waals surface area contributed by atoms with Gasteiger partial charge in [-0.15, -0.1) is 11.3 Å². The SMILES string of the molecule is CC1CCN(Cc2csc(NC(=O)c3ccc(N4CCCC4=O)cc3)n2)CC1. The summed E-state index contributed by atoms with van der Waals surface area (Å²) < 4.78 is 0. The number of hydrogen-bond donors (Lipinski definition) is 1. The van der Waals surface area contributed by atoms with Crippen LogP contribution in [0.4, 0.5) is 10.8 Å². The molecule has 0 aliphatic carbocycles. The standard InChI is InChI=1S/C21H26N4O2S/c1-15-8-11-24(12-9-15)13-17-14-28-21(22-17)23-20(27)16-4-6-18(7-5-16)25-10-2-3-19(25)26/h4-7,14-15H,2-3,8-13H2,1H3,(H,22,23,27). The molecule has 0 bridgehead atoms. The first kappa shape index (κ1) is 19.1. The average Bonchev–Trinajstić information content (AvgIpc) is 3.32. The summed E-state index contributed by atoms with van der Waals surface area (Å²) >= 11 is 1.46. The second-order valence-electron chi connectivity index (χ2n) is 7.75. The maximum absolute atomic E-state index is 12.5. The number of benzene rings is 1.